The van der Waals surface area contributed by atoms with Crippen LogP contribution in [0, 0.1) is 0 Å². The van der Waals surface area contributed by atoms with Gasteiger partial charge in [-0.1, -0.05) is 18.2 Å². The second kappa shape index (κ2) is 6.30. The summed E-state index contributed by atoms with van der Waals surface area (Å²) in [5, 5.41) is 0. The van der Waals surface area contributed by atoms with Gasteiger partial charge in [0.15, 0.2) is 0 Å². The predicted octanol–water partition coefficient (Wildman–Crippen LogP) is 2.99. The summed E-state index contributed by atoms with van der Waals surface area (Å²) in [7, 11) is -2.05. The first kappa shape index (κ1) is 16.3. The van der Waals surface area contributed by atoms with Gasteiger partial charge in [-0.25, -0.2) is 17.7 Å². The van der Waals surface area contributed by atoms with Gasteiger partial charge in [-0.15, -0.1) is 0 Å². The zero-order valence-corrected chi connectivity index (χ0v) is 14.7. The van der Waals surface area contributed by atoms with Crippen LogP contribution >= 0.6 is 0 Å². The maximum Gasteiger partial charge on any atom is 0.323 e. The first-order valence-electron chi connectivity index (χ1n) is 7.83. The molecule has 8 heteroatoms. The Kier molecular flexibility index (Phi) is 3.96. The fourth-order valence-corrected chi connectivity index (χ4v) is 4.33. The minimum atomic E-state index is -3.63. The van der Waals surface area contributed by atoms with Gasteiger partial charge in [-0.2, -0.15) is 4.98 Å². The number of hydrogen-bond acceptors (Lipinski definition) is 6. The summed E-state index contributed by atoms with van der Waals surface area (Å²) in [5.74, 6) is 1.49. The zero-order chi connectivity index (χ0) is 18.1. The molecule has 0 N–H and O–H groups in total. The Balaban J connectivity index is 1.62. The van der Waals surface area contributed by atoms with Crippen LogP contribution in [-0.4, -0.2) is 25.5 Å². The molecule has 0 saturated carbocycles. The van der Waals surface area contributed by atoms with Crippen molar-refractivity contribution in [2.45, 2.75) is 11.4 Å². The Labute approximate surface area is 150 Å². The highest BCUT2D eigenvalue weighted by atomic mass is 32.2. The summed E-state index contributed by atoms with van der Waals surface area (Å²) >= 11 is 0. The number of fused-ring (bicyclic) bond motifs is 1. The van der Waals surface area contributed by atoms with Crippen LogP contribution in [0.3, 0.4) is 0 Å². The molecule has 3 aromatic rings. The molecule has 26 heavy (non-hydrogen) atoms. The van der Waals surface area contributed by atoms with Crippen molar-refractivity contribution in [2.24, 2.45) is 0 Å². The molecular formula is C18H15N3O4S. The highest BCUT2D eigenvalue weighted by Crippen LogP contribution is 2.34. The normalized spacial score (nSPS) is 14.7. The van der Waals surface area contributed by atoms with Crippen LogP contribution in [0.25, 0.3) is 0 Å². The van der Waals surface area contributed by atoms with Crippen molar-refractivity contribution >= 4 is 15.8 Å². The van der Waals surface area contributed by atoms with E-state index in [0.717, 1.165) is 5.56 Å². The third kappa shape index (κ3) is 2.84. The molecule has 0 aliphatic carbocycles. The maximum absolute atomic E-state index is 12.7. The second-order valence-electron chi connectivity index (χ2n) is 5.59. The largest absolute Gasteiger partial charge is 0.497 e. The van der Waals surface area contributed by atoms with Crippen molar-refractivity contribution in [3.63, 3.8) is 0 Å². The monoisotopic (exact) mass is 369 g/mol. The van der Waals surface area contributed by atoms with Crippen molar-refractivity contribution < 1.29 is 17.9 Å². The van der Waals surface area contributed by atoms with Gasteiger partial charge in [0.05, 0.1) is 18.6 Å². The smallest absolute Gasteiger partial charge is 0.323 e. The number of methoxy groups -OCH3 is 1. The number of anilines is 1. The van der Waals surface area contributed by atoms with E-state index in [4.69, 9.17) is 9.47 Å². The number of aromatic nitrogens is 2. The Morgan fingerprint density at radius 2 is 1.73 bits per heavy atom. The molecule has 0 spiro atoms. The van der Waals surface area contributed by atoms with Gasteiger partial charge in [0, 0.05) is 12.3 Å². The fourth-order valence-electron chi connectivity index (χ4n) is 2.72. The number of rotatable bonds is 4. The van der Waals surface area contributed by atoms with Crippen LogP contribution in [0.1, 0.15) is 5.56 Å². The molecule has 0 saturated heterocycles. The zero-order valence-electron chi connectivity index (χ0n) is 13.9. The molecule has 2 heterocycles. The molecule has 1 aromatic heterocycles. The van der Waals surface area contributed by atoms with E-state index in [2.05, 4.69) is 9.97 Å². The fraction of sp³-hybridized carbons (Fsp3) is 0.111. The Morgan fingerprint density at radius 1 is 1.00 bits per heavy atom. The van der Waals surface area contributed by atoms with Crippen LogP contribution in [0.5, 0.6) is 17.5 Å². The van der Waals surface area contributed by atoms with Gasteiger partial charge < -0.3 is 9.47 Å². The molecule has 7 nitrogen and oxygen atoms in total. The molecule has 0 fully saturated rings. The van der Waals surface area contributed by atoms with Crippen LogP contribution < -0.4 is 13.8 Å². The van der Waals surface area contributed by atoms with Gasteiger partial charge in [-0.3, -0.25) is 0 Å². The minimum Gasteiger partial charge on any atom is -0.497 e. The highest BCUT2D eigenvalue weighted by molar-refractivity contribution is 7.93. The summed E-state index contributed by atoms with van der Waals surface area (Å²) in [6, 6.07) is 15.5. The Bertz CT molecular complexity index is 1050. The van der Waals surface area contributed by atoms with Crippen molar-refractivity contribution in [1.29, 1.82) is 0 Å². The van der Waals surface area contributed by atoms with Gasteiger partial charge >= 0.3 is 6.01 Å². The Morgan fingerprint density at radius 3 is 2.46 bits per heavy atom. The summed E-state index contributed by atoms with van der Waals surface area (Å²) in [6.07, 6.45) is 1.47. The average molecular weight is 369 g/mol. The van der Waals surface area contributed by atoms with Gasteiger partial charge in [0.1, 0.15) is 17.3 Å². The number of sulfonamides is 1. The third-order valence-corrected chi connectivity index (χ3v) is 5.85. The molecule has 4 rings (SSSR count). The first-order valence-corrected chi connectivity index (χ1v) is 9.27. The summed E-state index contributed by atoms with van der Waals surface area (Å²) in [4.78, 5) is 8.62. The SMILES string of the molecule is COc1ccc(Oc2nccc(N3Cc4ccccc4S3(=O)=O)n2)cc1. The van der Waals surface area contributed by atoms with E-state index >= 15 is 0 Å². The van der Waals surface area contributed by atoms with E-state index in [9.17, 15) is 8.42 Å². The topological polar surface area (TPSA) is 81.6 Å². The van der Waals surface area contributed by atoms with Gasteiger partial charge in [0.2, 0.25) is 0 Å². The third-order valence-electron chi connectivity index (χ3n) is 4.00. The van der Waals surface area contributed by atoms with Gasteiger partial charge in [-0.05, 0) is 35.9 Å². The van der Waals surface area contributed by atoms with E-state index in [0.29, 0.717) is 16.4 Å². The van der Waals surface area contributed by atoms with E-state index in [1.54, 1.807) is 55.6 Å². The number of ether oxygens (including phenoxy) is 2. The van der Waals surface area contributed by atoms with Crippen molar-refractivity contribution in [3.05, 3.63) is 66.4 Å². The lowest BCUT2D eigenvalue weighted by Crippen LogP contribution is -2.24. The van der Waals surface area contributed by atoms with E-state index < -0.39 is 10.0 Å². The van der Waals surface area contributed by atoms with Crippen LogP contribution in [-0.2, 0) is 16.6 Å². The quantitative estimate of drug-likeness (QED) is 0.703. The van der Waals surface area contributed by atoms with E-state index in [1.165, 1.54) is 10.5 Å². The standard InChI is InChI=1S/C18H15N3O4S/c1-24-14-6-8-15(9-7-14)25-18-19-11-10-17(20-18)21-12-13-4-2-3-5-16(13)26(21,22)23/h2-11H,12H2,1H3. The lowest BCUT2D eigenvalue weighted by molar-refractivity contribution is 0.410. The molecular weight excluding hydrogens is 354 g/mol. The number of hydrogen-bond donors (Lipinski definition) is 0. The summed E-state index contributed by atoms with van der Waals surface area (Å²) in [6.45, 7) is 0.234. The van der Waals surface area contributed by atoms with Crippen molar-refractivity contribution in [3.8, 4) is 17.5 Å². The van der Waals surface area contributed by atoms with Crippen molar-refractivity contribution in [2.75, 3.05) is 11.4 Å². The first-order chi connectivity index (χ1) is 12.6. The molecule has 1 aliphatic heterocycles. The summed E-state index contributed by atoms with van der Waals surface area (Å²) in [5.41, 5.74) is 0.740. The average Bonchev–Trinajstić information content (AvgIpc) is 2.94. The van der Waals surface area contributed by atoms with Gasteiger partial charge in [0.25, 0.3) is 10.0 Å². The predicted molar refractivity (Wildman–Crippen MR) is 94.9 cm³/mol. The highest BCUT2D eigenvalue weighted by Gasteiger charge is 2.35. The molecule has 0 bridgehead atoms. The molecule has 132 valence electrons. The molecule has 0 atom stereocenters. The van der Waals surface area contributed by atoms with Crippen molar-refractivity contribution in [1.82, 2.24) is 9.97 Å². The number of nitrogens with zero attached hydrogens (tertiary/aromatic N) is 3. The number of benzene rings is 2. The summed E-state index contributed by atoms with van der Waals surface area (Å²) < 4.78 is 37.4. The van der Waals surface area contributed by atoms with E-state index in [1.807, 2.05) is 6.07 Å². The lowest BCUT2D eigenvalue weighted by atomic mass is 10.2. The molecule has 0 unspecified atom stereocenters. The van der Waals surface area contributed by atoms with E-state index in [-0.39, 0.29) is 18.4 Å². The Hall–Kier alpha value is -3.13. The second-order valence-corrected chi connectivity index (χ2v) is 7.43. The maximum atomic E-state index is 12.7. The molecule has 0 radical (unpaired) electrons. The minimum absolute atomic E-state index is 0.0684. The van der Waals surface area contributed by atoms with Crippen LogP contribution in [0.2, 0.25) is 0 Å². The molecule has 2 aromatic carbocycles. The van der Waals surface area contributed by atoms with Crippen LogP contribution in [0.15, 0.2) is 65.7 Å². The van der Waals surface area contributed by atoms with Crippen LogP contribution in [0.4, 0.5) is 5.82 Å². The molecule has 0 amide bonds. The molecule has 1 aliphatic rings. The lowest BCUT2D eigenvalue weighted by Gasteiger charge is -2.16.